The lowest BCUT2D eigenvalue weighted by Gasteiger charge is -2.09. The van der Waals surface area contributed by atoms with Crippen molar-refractivity contribution in [2.24, 2.45) is 0 Å². The van der Waals surface area contributed by atoms with E-state index in [1.165, 1.54) is 0 Å². The normalized spacial score (nSPS) is 11.7. The molecule has 1 aromatic carbocycles. The van der Waals surface area contributed by atoms with E-state index in [1.54, 1.807) is 17.1 Å². The number of imidazole rings is 1. The van der Waals surface area contributed by atoms with Crippen molar-refractivity contribution < 1.29 is 13.5 Å². The average molecular weight is 238 g/mol. The lowest BCUT2D eigenvalue weighted by molar-refractivity contribution is -0.231. The number of rotatable bonds is 4. The van der Waals surface area contributed by atoms with Crippen molar-refractivity contribution in [3.63, 3.8) is 0 Å². The Labute approximate surface area is 97.7 Å². The molecule has 0 saturated carbocycles. The van der Waals surface area contributed by atoms with Gasteiger partial charge in [-0.15, -0.1) is 0 Å². The molecule has 0 spiro atoms. The highest BCUT2D eigenvalue weighted by Gasteiger charge is 2.21. The van der Waals surface area contributed by atoms with Crippen molar-refractivity contribution in [3.05, 3.63) is 48.5 Å². The minimum Gasteiger partial charge on any atom is -0.314 e. The van der Waals surface area contributed by atoms with E-state index < -0.39 is 6.11 Å². The van der Waals surface area contributed by atoms with Crippen LogP contribution in [-0.4, -0.2) is 15.7 Å². The van der Waals surface area contributed by atoms with Crippen molar-refractivity contribution in [2.75, 3.05) is 0 Å². The number of ether oxygens (including phenoxy) is 1. The SMILES string of the molecule is CC(F)(F)OCc1cn(-c2ccccc2)cn1. The van der Waals surface area contributed by atoms with E-state index >= 15 is 0 Å². The summed E-state index contributed by atoms with van der Waals surface area (Å²) in [7, 11) is 0. The van der Waals surface area contributed by atoms with Gasteiger partial charge >= 0.3 is 6.11 Å². The number of benzene rings is 1. The highest BCUT2D eigenvalue weighted by Crippen LogP contribution is 2.16. The largest absolute Gasteiger partial charge is 0.353 e. The number of hydrogen-bond donors (Lipinski definition) is 0. The van der Waals surface area contributed by atoms with E-state index in [-0.39, 0.29) is 6.61 Å². The van der Waals surface area contributed by atoms with Crippen LogP contribution in [0.1, 0.15) is 12.6 Å². The fourth-order valence-electron chi connectivity index (χ4n) is 1.38. The molecule has 0 unspecified atom stereocenters. The molecule has 0 bridgehead atoms. The number of nitrogens with zero attached hydrogens (tertiary/aromatic N) is 2. The molecule has 17 heavy (non-hydrogen) atoms. The summed E-state index contributed by atoms with van der Waals surface area (Å²) in [5.74, 6) is 0. The first-order valence-electron chi connectivity index (χ1n) is 5.15. The predicted octanol–water partition coefficient (Wildman–Crippen LogP) is 3.00. The number of aromatic nitrogens is 2. The number of alkyl halides is 2. The van der Waals surface area contributed by atoms with Crippen LogP contribution in [0, 0.1) is 0 Å². The van der Waals surface area contributed by atoms with Crippen LogP contribution < -0.4 is 0 Å². The Morgan fingerprint density at radius 1 is 1.29 bits per heavy atom. The highest BCUT2D eigenvalue weighted by molar-refractivity contribution is 5.31. The minimum atomic E-state index is -3.13. The zero-order valence-corrected chi connectivity index (χ0v) is 9.31. The van der Waals surface area contributed by atoms with Crippen molar-refractivity contribution >= 4 is 0 Å². The first kappa shape index (κ1) is 11.7. The van der Waals surface area contributed by atoms with E-state index in [0.29, 0.717) is 12.6 Å². The van der Waals surface area contributed by atoms with Crippen LogP contribution in [-0.2, 0) is 11.3 Å². The number of para-hydroxylation sites is 1. The second-order valence-electron chi connectivity index (χ2n) is 3.70. The third-order valence-corrected chi connectivity index (χ3v) is 2.16. The average Bonchev–Trinajstić information content (AvgIpc) is 2.75. The third kappa shape index (κ3) is 3.35. The van der Waals surface area contributed by atoms with Gasteiger partial charge in [-0.25, -0.2) is 4.98 Å². The molecule has 0 atom stereocenters. The first-order chi connectivity index (χ1) is 8.04. The molecular formula is C12H12F2N2O. The van der Waals surface area contributed by atoms with Crippen molar-refractivity contribution in [3.8, 4) is 5.69 Å². The Morgan fingerprint density at radius 3 is 2.65 bits per heavy atom. The van der Waals surface area contributed by atoms with Crippen molar-refractivity contribution in [1.82, 2.24) is 9.55 Å². The standard InChI is InChI=1S/C12H12F2N2O/c1-12(13,14)17-8-10-7-16(9-15-10)11-5-3-2-4-6-11/h2-7,9H,8H2,1H3. The van der Waals surface area contributed by atoms with E-state index in [0.717, 1.165) is 5.69 Å². The van der Waals surface area contributed by atoms with Gasteiger partial charge in [-0.2, -0.15) is 8.78 Å². The van der Waals surface area contributed by atoms with Gasteiger partial charge in [0.05, 0.1) is 18.6 Å². The lowest BCUT2D eigenvalue weighted by atomic mass is 10.3. The lowest BCUT2D eigenvalue weighted by Crippen LogP contribution is -2.14. The number of hydrogen-bond acceptors (Lipinski definition) is 2. The van der Waals surface area contributed by atoms with E-state index in [1.807, 2.05) is 30.3 Å². The molecule has 2 rings (SSSR count). The van der Waals surface area contributed by atoms with Crippen LogP contribution in [0.3, 0.4) is 0 Å². The molecular weight excluding hydrogens is 226 g/mol. The first-order valence-corrected chi connectivity index (χ1v) is 5.15. The van der Waals surface area contributed by atoms with E-state index in [2.05, 4.69) is 9.72 Å². The van der Waals surface area contributed by atoms with Gasteiger partial charge in [-0.05, 0) is 12.1 Å². The summed E-state index contributed by atoms with van der Waals surface area (Å²) in [6.07, 6.45) is 0.111. The topological polar surface area (TPSA) is 27.1 Å². The molecule has 90 valence electrons. The Hall–Kier alpha value is -1.75. The molecule has 0 amide bonds. The number of halogens is 2. The van der Waals surface area contributed by atoms with Gasteiger partial charge < -0.3 is 9.30 Å². The molecule has 1 aromatic heterocycles. The van der Waals surface area contributed by atoms with Crippen LogP contribution in [0.5, 0.6) is 0 Å². The van der Waals surface area contributed by atoms with Gasteiger partial charge in [0.25, 0.3) is 0 Å². The Bertz CT molecular complexity index is 477. The molecule has 0 aliphatic heterocycles. The molecule has 0 aliphatic rings. The smallest absolute Gasteiger partial charge is 0.314 e. The van der Waals surface area contributed by atoms with E-state index in [4.69, 9.17) is 0 Å². The summed E-state index contributed by atoms with van der Waals surface area (Å²) in [6.45, 7) is 0.504. The minimum absolute atomic E-state index is 0.205. The van der Waals surface area contributed by atoms with Gasteiger partial charge in [-0.1, -0.05) is 18.2 Å². The molecule has 0 fully saturated rings. The zero-order valence-electron chi connectivity index (χ0n) is 9.31. The summed E-state index contributed by atoms with van der Waals surface area (Å²) in [5.41, 5.74) is 1.39. The van der Waals surface area contributed by atoms with E-state index in [9.17, 15) is 8.78 Å². The quantitative estimate of drug-likeness (QED) is 0.818. The summed E-state index contributed by atoms with van der Waals surface area (Å²) in [6, 6.07) is 9.50. The molecule has 0 saturated heterocycles. The van der Waals surface area contributed by atoms with Gasteiger partial charge in [0.15, 0.2) is 0 Å². The van der Waals surface area contributed by atoms with Gasteiger partial charge in [-0.3, -0.25) is 0 Å². The monoisotopic (exact) mass is 238 g/mol. The molecule has 0 N–H and O–H groups in total. The molecule has 3 nitrogen and oxygen atoms in total. The second-order valence-corrected chi connectivity index (χ2v) is 3.70. The Kier molecular flexibility index (Phi) is 3.19. The van der Waals surface area contributed by atoms with Crippen molar-refractivity contribution in [2.45, 2.75) is 19.6 Å². The highest BCUT2D eigenvalue weighted by atomic mass is 19.3. The van der Waals surface area contributed by atoms with Gasteiger partial charge in [0.2, 0.25) is 0 Å². The maximum atomic E-state index is 12.5. The fraction of sp³-hybridized carbons (Fsp3) is 0.250. The summed E-state index contributed by atoms with van der Waals surface area (Å²) >= 11 is 0. The van der Waals surface area contributed by atoms with Gasteiger partial charge in [0, 0.05) is 18.8 Å². The Balaban J connectivity index is 2.07. The van der Waals surface area contributed by atoms with Crippen molar-refractivity contribution in [1.29, 1.82) is 0 Å². The third-order valence-electron chi connectivity index (χ3n) is 2.16. The molecule has 1 heterocycles. The molecule has 2 aromatic rings. The van der Waals surface area contributed by atoms with Crippen LogP contribution in [0.4, 0.5) is 8.78 Å². The molecule has 5 heteroatoms. The Morgan fingerprint density at radius 2 is 2.00 bits per heavy atom. The zero-order chi connectivity index (χ0) is 12.3. The van der Waals surface area contributed by atoms with Crippen LogP contribution in [0.15, 0.2) is 42.9 Å². The molecule has 0 aliphatic carbocycles. The predicted molar refractivity (Wildman–Crippen MR) is 59.0 cm³/mol. The summed E-state index contributed by atoms with van der Waals surface area (Å²) < 4.78 is 31.1. The van der Waals surface area contributed by atoms with Gasteiger partial charge in [0.1, 0.15) is 0 Å². The van der Waals surface area contributed by atoms with Crippen LogP contribution >= 0.6 is 0 Å². The second kappa shape index (κ2) is 4.63. The fourth-order valence-corrected chi connectivity index (χ4v) is 1.38. The molecule has 0 radical (unpaired) electrons. The van der Waals surface area contributed by atoms with Crippen LogP contribution in [0.2, 0.25) is 0 Å². The maximum absolute atomic E-state index is 12.5. The summed E-state index contributed by atoms with van der Waals surface area (Å²) in [4.78, 5) is 4.00. The maximum Gasteiger partial charge on any atom is 0.353 e. The van der Waals surface area contributed by atoms with Crippen LogP contribution in [0.25, 0.3) is 5.69 Å². The summed E-state index contributed by atoms with van der Waals surface area (Å²) in [5, 5.41) is 0.